The molecule has 0 heterocycles. The van der Waals surface area contributed by atoms with Gasteiger partial charge in [0, 0.05) is 12.8 Å². The maximum absolute atomic E-state index is 11.6. The number of hydrogen-bond acceptors (Lipinski definition) is 1. The molecule has 1 aliphatic rings. The zero-order valence-corrected chi connectivity index (χ0v) is 5.73. The third-order valence-corrected chi connectivity index (χ3v) is 1.29. The van der Waals surface area contributed by atoms with E-state index in [2.05, 4.69) is 0 Å². The zero-order valence-electron chi connectivity index (χ0n) is 5.73. The molecule has 1 fully saturated rings. The Morgan fingerprint density at radius 1 is 1.00 bits per heavy atom. The molecule has 0 spiro atoms. The van der Waals surface area contributed by atoms with Gasteiger partial charge in [0.05, 0.1) is 0 Å². The Morgan fingerprint density at radius 3 is 1.17 bits per heavy atom. The first-order valence-electron chi connectivity index (χ1n) is 2.86. The van der Waals surface area contributed by atoms with Crippen molar-refractivity contribution >= 4 is 6.16 Å². The van der Waals surface area contributed by atoms with Gasteiger partial charge in [0.15, 0.2) is 0 Å². The summed E-state index contributed by atoms with van der Waals surface area (Å²) in [6.07, 6.45) is -3.17. The van der Waals surface area contributed by atoms with Crippen molar-refractivity contribution in [1.29, 1.82) is 0 Å². The third-order valence-electron chi connectivity index (χ3n) is 1.29. The van der Waals surface area contributed by atoms with Crippen LogP contribution in [0, 0.1) is 0 Å². The first-order valence-corrected chi connectivity index (χ1v) is 2.86. The molecular weight excluding hydrogens is 184 g/mol. The summed E-state index contributed by atoms with van der Waals surface area (Å²) in [5.41, 5.74) is 0. The molecule has 0 aliphatic heterocycles. The van der Waals surface area contributed by atoms with Crippen molar-refractivity contribution in [2.24, 2.45) is 0 Å². The van der Waals surface area contributed by atoms with Gasteiger partial charge in [0.25, 0.3) is 0 Å². The van der Waals surface area contributed by atoms with Gasteiger partial charge in [-0.3, -0.25) is 0 Å². The maximum Gasteiger partial charge on any atom is 0.503 e. The fourth-order valence-corrected chi connectivity index (χ4v) is 0.503. The average Bonchev–Trinajstić information content (AvgIpc) is 1.84. The number of alkyl halides is 4. The SMILES string of the molecule is FC1(F)CCC1(F)F.O=C(O)O. The zero-order chi connectivity index (χ0) is 9.99. The summed E-state index contributed by atoms with van der Waals surface area (Å²) in [5.74, 6) is -7.43. The monoisotopic (exact) mass is 190 g/mol. The van der Waals surface area contributed by atoms with E-state index < -0.39 is 30.8 Å². The molecular formula is C5H6F4O3. The van der Waals surface area contributed by atoms with Crippen LogP contribution in [0.4, 0.5) is 22.4 Å². The Balaban J connectivity index is 0.000000261. The van der Waals surface area contributed by atoms with Gasteiger partial charge in [-0.05, 0) is 0 Å². The summed E-state index contributed by atoms with van der Waals surface area (Å²) in [6, 6.07) is 0. The molecule has 0 aromatic carbocycles. The van der Waals surface area contributed by atoms with Gasteiger partial charge in [0.2, 0.25) is 0 Å². The molecule has 7 heteroatoms. The molecule has 3 nitrogen and oxygen atoms in total. The number of halogens is 4. The van der Waals surface area contributed by atoms with E-state index in [1.165, 1.54) is 0 Å². The fraction of sp³-hybridized carbons (Fsp3) is 0.800. The molecule has 12 heavy (non-hydrogen) atoms. The molecule has 0 radical (unpaired) electrons. The first kappa shape index (κ1) is 11.0. The van der Waals surface area contributed by atoms with Crippen LogP contribution < -0.4 is 0 Å². The smallest absolute Gasteiger partial charge is 0.450 e. The lowest BCUT2D eigenvalue weighted by Crippen LogP contribution is -2.50. The van der Waals surface area contributed by atoms with Crippen molar-refractivity contribution in [2.75, 3.05) is 0 Å². The molecule has 1 aliphatic carbocycles. The minimum atomic E-state index is -3.72. The van der Waals surface area contributed by atoms with Crippen LogP contribution in [0.1, 0.15) is 12.8 Å². The van der Waals surface area contributed by atoms with Gasteiger partial charge in [-0.15, -0.1) is 0 Å². The van der Waals surface area contributed by atoms with E-state index >= 15 is 0 Å². The topological polar surface area (TPSA) is 57.5 Å². The molecule has 0 amide bonds. The van der Waals surface area contributed by atoms with Gasteiger partial charge < -0.3 is 10.2 Å². The largest absolute Gasteiger partial charge is 0.503 e. The highest BCUT2D eigenvalue weighted by Crippen LogP contribution is 2.50. The number of rotatable bonds is 0. The van der Waals surface area contributed by atoms with Crippen molar-refractivity contribution in [1.82, 2.24) is 0 Å². The van der Waals surface area contributed by atoms with Gasteiger partial charge >= 0.3 is 18.0 Å². The lowest BCUT2D eigenvalue weighted by molar-refractivity contribution is -0.275. The normalized spacial score (nSPS) is 23.0. The minimum Gasteiger partial charge on any atom is -0.450 e. The van der Waals surface area contributed by atoms with Crippen LogP contribution in [0.2, 0.25) is 0 Å². The lowest BCUT2D eigenvalue weighted by atomic mass is 9.90. The van der Waals surface area contributed by atoms with Crippen LogP contribution in [0.15, 0.2) is 0 Å². The molecule has 0 saturated heterocycles. The minimum absolute atomic E-state index is 0.667. The molecule has 0 unspecified atom stereocenters. The standard InChI is InChI=1S/C4H4F4.CH2O3/c5-3(6)1-2-4(3,7)8;2-1(3)4/h1-2H2;(H2,2,3,4). The summed E-state index contributed by atoms with van der Waals surface area (Å²) in [5, 5.41) is 13.9. The first-order chi connectivity index (χ1) is 5.19. The van der Waals surface area contributed by atoms with E-state index in [9.17, 15) is 17.6 Å². The quantitative estimate of drug-likeness (QED) is 0.576. The third kappa shape index (κ3) is 2.55. The Bertz CT molecular complexity index is 162. The second kappa shape index (κ2) is 3.16. The molecule has 72 valence electrons. The van der Waals surface area contributed by atoms with E-state index in [-0.39, 0.29) is 0 Å². The number of carbonyl (C=O) groups is 1. The highest BCUT2D eigenvalue weighted by molar-refractivity contribution is 5.53. The Hall–Kier alpha value is -1.01. The average molecular weight is 190 g/mol. The number of hydrogen-bond donors (Lipinski definition) is 2. The van der Waals surface area contributed by atoms with E-state index in [4.69, 9.17) is 15.0 Å². The molecule has 2 N–H and O–H groups in total. The van der Waals surface area contributed by atoms with Gasteiger partial charge in [-0.25, -0.2) is 4.79 Å². The Morgan fingerprint density at radius 2 is 1.17 bits per heavy atom. The molecule has 0 aromatic heterocycles. The van der Waals surface area contributed by atoms with Crippen molar-refractivity contribution in [3.63, 3.8) is 0 Å². The summed E-state index contributed by atoms with van der Waals surface area (Å²) in [7, 11) is 0. The van der Waals surface area contributed by atoms with Crippen LogP contribution in [0.3, 0.4) is 0 Å². The second-order valence-electron chi connectivity index (χ2n) is 2.19. The summed E-state index contributed by atoms with van der Waals surface area (Å²) >= 11 is 0. The molecule has 0 bridgehead atoms. The van der Waals surface area contributed by atoms with Crippen molar-refractivity contribution in [3.05, 3.63) is 0 Å². The molecule has 1 saturated carbocycles. The van der Waals surface area contributed by atoms with Gasteiger partial charge in [-0.2, -0.15) is 17.6 Å². The van der Waals surface area contributed by atoms with E-state index in [0.29, 0.717) is 0 Å². The van der Waals surface area contributed by atoms with E-state index in [0.717, 1.165) is 0 Å². The van der Waals surface area contributed by atoms with E-state index in [1.807, 2.05) is 0 Å². The predicted octanol–water partition coefficient (Wildman–Crippen LogP) is 2.27. The fourth-order valence-electron chi connectivity index (χ4n) is 0.503. The van der Waals surface area contributed by atoms with Gasteiger partial charge in [0.1, 0.15) is 0 Å². The van der Waals surface area contributed by atoms with Crippen LogP contribution in [-0.2, 0) is 0 Å². The summed E-state index contributed by atoms with van der Waals surface area (Å²) < 4.78 is 46.3. The second-order valence-corrected chi connectivity index (χ2v) is 2.19. The Kier molecular flexibility index (Phi) is 2.89. The van der Waals surface area contributed by atoms with Crippen molar-refractivity contribution < 1.29 is 32.6 Å². The summed E-state index contributed by atoms with van der Waals surface area (Å²) in [4.78, 5) is 8.56. The van der Waals surface area contributed by atoms with E-state index in [1.54, 1.807) is 0 Å². The van der Waals surface area contributed by atoms with Gasteiger partial charge in [-0.1, -0.05) is 0 Å². The maximum atomic E-state index is 11.6. The number of carboxylic acid groups (broad SMARTS) is 2. The predicted molar refractivity (Wildman–Crippen MR) is 29.8 cm³/mol. The van der Waals surface area contributed by atoms with Crippen LogP contribution in [-0.4, -0.2) is 28.2 Å². The molecule has 0 aromatic rings. The van der Waals surface area contributed by atoms with Crippen molar-refractivity contribution in [3.8, 4) is 0 Å². The van der Waals surface area contributed by atoms with Crippen LogP contribution >= 0.6 is 0 Å². The molecule has 1 rings (SSSR count). The highest BCUT2D eigenvalue weighted by atomic mass is 19.3. The summed E-state index contributed by atoms with van der Waals surface area (Å²) in [6.45, 7) is 0. The van der Waals surface area contributed by atoms with Crippen LogP contribution in [0.5, 0.6) is 0 Å². The highest BCUT2D eigenvalue weighted by Gasteiger charge is 2.64. The Labute approximate surface area is 64.6 Å². The lowest BCUT2D eigenvalue weighted by Gasteiger charge is -2.35. The molecule has 0 atom stereocenters. The van der Waals surface area contributed by atoms with Crippen LogP contribution in [0.25, 0.3) is 0 Å². The van der Waals surface area contributed by atoms with Crippen molar-refractivity contribution in [2.45, 2.75) is 24.7 Å².